The molecule has 1 saturated heterocycles. The van der Waals surface area contributed by atoms with Crippen LogP contribution in [0.5, 0.6) is 0 Å². The molecule has 0 aliphatic carbocycles. The third-order valence-corrected chi connectivity index (χ3v) is 8.99. The molecule has 2 rings (SSSR count). The van der Waals surface area contributed by atoms with Crippen LogP contribution in [0.1, 0.15) is 78.7 Å². The number of carbonyl (C=O) groups excluding carboxylic acids is 7. The molecule has 1 aromatic carbocycles. The third kappa shape index (κ3) is 14.4. The van der Waals surface area contributed by atoms with Crippen LogP contribution in [-0.4, -0.2) is 89.2 Å². The second-order valence-corrected chi connectivity index (χ2v) is 14.8. The lowest BCUT2D eigenvalue weighted by Crippen LogP contribution is -2.54. The summed E-state index contributed by atoms with van der Waals surface area (Å²) in [6.07, 6.45) is 1.54. The van der Waals surface area contributed by atoms with Crippen molar-refractivity contribution in [1.82, 2.24) is 20.9 Å². The normalized spacial score (nSPS) is 15.7. The van der Waals surface area contributed by atoms with Crippen LogP contribution in [0.15, 0.2) is 24.3 Å². The first-order valence-corrected chi connectivity index (χ1v) is 17.9. The smallest absolute Gasteiger partial charge is 0.312 e. The zero-order valence-corrected chi connectivity index (χ0v) is 30.5. The molecule has 1 aromatic rings. The number of likely N-dealkylation sites (tertiary alicyclic amines) is 1. The van der Waals surface area contributed by atoms with Gasteiger partial charge in [0.05, 0.1) is 10.7 Å². The quantitative estimate of drug-likeness (QED) is 0.0650. The molecule has 0 radical (unpaired) electrons. The third-order valence-electron chi connectivity index (χ3n) is 7.75. The summed E-state index contributed by atoms with van der Waals surface area (Å²) in [4.78, 5) is 88.9. The molecule has 50 heavy (non-hydrogen) atoms. The first-order valence-electron chi connectivity index (χ1n) is 16.9. The van der Waals surface area contributed by atoms with Gasteiger partial charge in [-0.25, -0.2) is 4.79 Å². The van der Waals surface area contributed by atoms with Gasteiger partial charge in [-0.15, -0.1) is 11.8 Å². The molecule has 1 aliphatic heterocycles. The molecular weight excluding hydrogens is 666 g/mol. The molecule has 278 valence electrons. The Labute approximate surface area is 298 Å². The number of amides is 7. The molecule has 0 aromatic heterocycles. The van der Waals surface area contributed by atoms with Gasteiger partial charge < -0.3 is 37.5 Å². The maximum Gasteiger partial charge on any atom is 0.312 e. The molecule has 3 atom stereocenters. The number of nitrogens with two attached hydrogens (primary N) is 2. The second-order valence-electron chi connectivity index (χ2n) is 13.5. The van der Waals surface area contributed by atoms with Crippen LogP contribution in [0.4, 0.5) is 10.5 Å². The number of nitrogens with zero attached hydrogens (tertiary/aromatic N) is 1. The monoisotopic (exact) mass is 719 g/mol. The Morgan fingerprint density at radius 2 is 1.68 bits per heavy atom. The van der Waals surface area contributed by atoms with Crippen LogP contribution in [-0.2, 0) is 40.1 Å². The van der Waals surface area contributed by atoms with Gasteiger partial charge in [0, 0.05) is 43.9 Å². The number of urea groups is 1. The van der Waals surface area contributed by atoms with Crippen LogP contribution in [0.2, 0.25) is 0 Å². The van der Waals surface area contributed by atoms with E-state index in [1.165, 1.54) is 16.7 Å². The molecule has 1 fully saturated rings. The molecule has 0 spiro atoms. The van der Waals surface area contributed by atoms with Gasteiger partial charge in [-0.2, -0.15) is 0 Å². The fourth-order valence-corrected chi connectivity index (χ4v) is 5.84. The highest BCUT2D eigenvalue weighted by molar-refractivity contribution is 8.00. The Hall–Kier alpha value is -4.18. The molecule has 8 N–H and O–H groups in total. The lowest BCUT2D eigenvalue weighted by Gasteiger charge is -2.25. The van der Waals surface area contributed by atoms with Gasteiger partial charge >= 0.3 is 12.0 Å². The van der Waals surface area contributed by atoms with E-state index >= 15 is 0 Å². The number of anilines is 1. The van der Waals surface area contributed by atoms with Crippen LogP contribution in [0, 0.1) is 11.3 Å². The van der Waals surface area contributed by atoms with Crippen LogP contribution in [0.3, 0.4) is 0 Å². The van der Waals surface area contributed by atoms with Crippen molar-refractivity contribution in [3.05, 3.63) is 29.8 Å². The first-order chi connectivity index (χ1) is 23.5. The zero-order valence-electron chi connectivity index (χ0n) is 29.7. The highest BCUT2D eigenvalue weighted by Gasteiger charge is 2.38. The average Bonchev–Trinajstić information content (AvgIpc) is 3.31. The molecule has 1 heterocycles. The van der Waals surface area contributed by atoms with Gasteiger partial charge in [-0.3, -0.25) is 33.7 Å². The van der Waals surface area contributed by atoms with E-state index in [1.807, 2.05) is 0 Å². The number of hydrogen-bond acceptors (Lipinski definition) is 10. The fourth-order valence-electron chi connectivity index (χ4n) is 4.89. The minimum atomic E-state index is -1.01. The van der Waals surface area contributed by atoms with Crippen molar-refractivity contribution < 1.29 is 38.3 Å². The predicted molar refractivity (Wildman–Crippen MR) is 190 cm³/mol. The number of nitrogens with one attached hydrogen (secondary N) is 4. The number of hydrogen-bond donors (Lipinski definition) is 6. The fraction of sp³-hybridized carbons (Fsp3) is 0.618. The van der Waals surface area contributed by atoms with Crippen molar-refractivity contribution >= 4 is 59.0 Å². The van der Waals surface area contributed by atoms with Gasteiger partial charge in [-0.05, 0) is 70.1 Å². The topological polar surface area (TPSA) is 232 Å². The van der Waals surface area contributed by atoms with Crippen LogP contribution in [0.25, 0.3) is 0 Å². The van der Waals surface area contributed by atoms with E-state index < -0.39 is 40.6 Å². The van der Waals surface area contributed by atoms with Crippen molar-refractivity contribution in [2.45, 2.75) is 97.1 Å². The Morgan fingerprint density at radius 1 is 1.00 bits per heavy atom. The van der Waals surface area contributed by atoms with Gasteiger partial charge in [-0.1, -0.05) is 26.0 Å². The highest BCUT2D eigenvalue weighted by atomic mass is 32.2. The number of benzene rings is 1. The highest BCUT2D eigenvalue weighted by Crippen LogP contribution is 2.25. The summed E-state index contributed by atoms with van der Waals surface area (Å²) in [5, 5.41) is 10.3. The number of primary amides is 1. The molecule has 0 saturated carbocycles. The van der Waals surface area contributed by atoms with E-state index in [-0.39, 0.29) is 68.6 Å². The molecule has 2 unspecified atom stereocenters. The molecular formula is C34H53N7O8S. The Balaban J connectivity index is 1.97. The molecule has 16 heteroatoms. The van der Waals surface area contributed by atoms with E-state index in [4.69, 9.17) is 16.2 Å². The van der Waals surface area contributed by atoms with E-state index in [0.717, 1.165) is 5.56 Å². The maximum absolute atomic E-state index is 13.4. The summed E-state index contributed by atoms with van der Waals surface area (Å²) in [7, 11) is 0. The SMILES string of the molecule is CC(C)C(NC(=O)CCCCN1C(=O)CC(SCCN)C1=O)C(=O)N[C@@H](CCCNC(N)=O)C(=O)Nc1ccc(COC(=O)C(C)(C)C)cc1. The molecule has 0 bridgehead atoms. The van der Waals surface area contributed by atoms with Gasteiger partial charge in [0.15, 0.2) is 0 Å². The summed E-state index contributed by atoms with van der Waals surface area (Å²) >= 11 is 1.37. The summed E-state index contributed by atoms with van der Waals surface area (Å²) in [5.41, 5.74) is 11.2. The minimum absolute atomic E-state index is 0.0747. The number of thioether (sulfide) groups is 1. The van der Waals surface area contributed by atoms with E-state index in [9.17, 15) is 33.6 Å². The summed E-state index contributed by atoms with van der Waals surface area (Å²) < 4.78 is 5.33. The maximum atomic E-state index is 13.4. The van der Waals surface area contributed by atoms with Crippen molar-refractivity contribution in [2.75, 3.05) is 30.7 Å². The number of unbranched alkanes of at least 4 members (excludes halogenated alkanes) is 1. The Kier molecular flexibility index (Phi) is 17.2. The summed E-state index contributed by atoms with van der Waals surface area (Å²) in [5.74, 6) is -1.96. The van der Waals surface area contributed by atoms with Crippen molar-refractivity contribution in [2.24, 2.45) is 22.8 Å². The lowest BCUT2D eigenvalue weighted by atomic mass is 9.97. The van der Waals surface area contributed by atoms with Crippen molar-refractivity contribution in [3.8, 4) is 0 Å². The molecule has 1 aliphatic rings. The van der Waals surface area contributed by atoms with Gasteiger partial charge in [0.2, 0.25) is 29.5 Å². The summed E-state index contributed by atoms with van der Waals surface area (Å²) in [6.45, 7) is 9.71. The lowest BCUT2D eigenvalue weighted by molar-refractivity contribution is -0.154. The van der Waals surface area contributed by atoms with Gasteiger partial charge in [0.25, 0.3) is 0 Å². The standard InChI is InChI=1S/C34H53N7O8S/c1-21(2)28(40-26(42)10-6-7-17-41-27(43)19-25(31(41)46)50-18-15-35)30(45)39-24(9-8-16-37-33(36)48)29(44)38-23-13-11-22(12-14-23)20-49-32(47)34(3,4)5/h11-14,21,24-25,28H,6-10,15-20,35H2,1-5H3,(H,38,44)(H,39,45)(H,40,42)(H3,36,37,48)/t24-,25?,28?/m0/s1. The number of ether oxygens (including phenoxy) is 1. The van der Waals surface area contributed by atoms with E-state index in [0.29, 0.717) is 37.2 Å². The van der Waals surface area contributed by atoms with Crippen molar-refractivity contribution in [3.63, 3.8) is 0 Å². The minimum Gasteiger partial charge on any atom is -0.460 e. The number of rotatable bonds is 20. The van der Waals surface area contributed by atoms with Crippen LogP contribution >= 0.6 is 11.8 Å². The Bertz CT molecular complexity index is 1350. The van der Waals surface area contributed by atoms with Crippen molar-refractivity contribution in [1.29, 1.82) is 0 Å². The molecule has 7 amide bonds. The largest absolute Gasteiger partial charge is 0.460 e. The number of carbonyl (C=O) groups is 7. The second kappa shape index (κ2) is 20.5. The van der Waals surface area contributed by atoms with E-state index in [2.05, 4.69) is 21.3 Å². The van der Waals surface area contributed by atoms with Gasteiger partial charge in [0.1, 0.15) is 18.7 Å². The summed E-state index contributed by atoms with van der Waals surface area (Å²) in [6, 6.07) is 4.05. The zero-order chi connectivity index (χ0) is 37.4. The average molecular weight is 720 g/mol. The van der Waals surface area contributed by atoms with E-state index in [1.54, 1.807) is 58.9 Å². The van der Waals surface area contributed by atoms with Crippen LogP contribution < -0.4 is 32.7 Å². The molecule has 15 nitrogen and oxygen atoms in total. The predicted octanol–water partition coefficient (Wildman–Crippen LogP) is 1.78. The number of imide groups is 1. The first kappa shape index (κ1) is 42.0. The number of esters is 1. The Morgan fingerprint density at radius 3 is 2.28 bits per heavy atom.